The van der Waals surface area contributed by atoms with Gasteiger partial charge in [0.05, 0.1) is 0 Å². The lowest BCUT2D eigenvalue weighted by Gasteiger charge is -2.06. The van der Waals surface area contributed by atoms with E-state index in [0.29, 0.717) is 24.0 Å². The van der Waals surface area contributed by atoms with Crippen molar-refractivity contribution >= 4 is 17.5 Å². The Morgan fingerprint density at radius 3 is 2.43 bits per heavy atom. The fourth-order valence-corrected chi connectivity index (χ4v) is 1.84. The number of amides is 2. The van der Waals surface area contributed by atoms with Crippen molar-refractivity contribution in [2.45, 2.75) is 13.3 Å². The van der Waals surface area contributed by atoms with Gasteiger partial charge in [-0.15, -0.1) is 10.2 Å². The Morgan fingerprint density at radius 2 is 1.83 bits per heavy atom. The molecular weight excluding hydrogens is 298 g/mol. The second-order valence-corrected chi connectivity index (χ2v) is 4.87. The van der Waals surface area contributed by atoms with Crippen LogP contribution in [0.5, 0.6) is 0 Å². The van der Waals surface area contributed by atoms with Gasteiger partial charge < -0.3 is 20.4 Å². The SMILES string of the molecule is CNCCCNC(=O)C(=O)Nc1ccc(-c2nnc(C)o2)cc1. The highest BCUT2D eigenvalue weighted by molar-refractivity contribution is 6.39. The van der Waals surface area contributed by atoms with E-state index in [2.05, 4.69) is 26.1 Å². The van der Waals surface area contributed by atoms with Crippen molar-refractivity contribution in [1.82, 2.24) is 20.8 Å². The topological polar surface area (TPSA) is 109 Å². The smallest absolute Gasteiger partial charge is 0.313 e. The summed E-state index contributed by atoms with van der Waals surface area (Å²) >= 11 is 0. The van der Waals surface area contributed by atoms with Gasteiger partial charge in [-0.25, -0.2) is 0 Å². The van der Waals surface area contributed by atoms with Gasteiger partial charge in [0.1, 0.15) is 0 Å². The molecule has 2 amide bonds. The summed E-state index contributed by atoms with van der Waals surface area (Å²) in [6.45, 7) is 2.93. The van der Waals surface area contributed by atoms with E-state index in [1.54, 1.807) is 31.2 Å². The van der Waals surface area contributed by atoms with Crippen molar-refractivity contribution in [3.63, 3.8) is 0 Å². The lowest BCUT2D eigenvalue weighted by Crippen LogP contribution is -2.36. The zero-order valence-electron chi connectivity index (χ0n) is 13.0. The summed E-state index contributed by atoms with van der Waals surface area (Å²) in [6, 6.07) is 6.79. The van der Waals surface area contributed by atoms with Gasteiger partial charge in [0.25, 0.3) is 0 Å². The van der Waals surface area contributed by atoms with Crippen LogP contribution in [-0.2, 0) is 9.59 Å². The maximum absolute atomic E-state index is 11.8. The van der Waals surface area contributed by atoms with Crippen molar-refractivity contribution in [3.05, 3.63) is 30.2 Å². The Kier molecular flexibility index (Phi) is 5.81. The molecule has 0 bridgehead atoms. The highest BCUT2D eigenvalue weighted by Gasteiger charge is 2.13. The van der Waals surface area contributed by atoms with E-state index in [-0.39, 0.29) is 0 Å². The number of nitrogens with zero attached hydrogens (tertiary/aromatic N) is 2. The third kappa shape index (κ3) is 4.89. The van der Waals surface area contributed by atoms with E-state index in [1.165, 1.54) is 0 Å². The molecule has 2 aromatic rings. The molecule has 1 aromatic carbocycles. The van der Waals surface area contributed by atoms with Crippen LogP contribution in [0.1, 0.15) is 12.3 Å². The zero-order chi connectivity index (χ0) is 16.7. The van der Waals surface area contributed by atoms with Crippen LogP contribution < -0.4 is 16.0 Å². The number of benzene rings is 1. The summed E-state index contributed by atoms with van der Waals surface area (Å²) in [6.07, 6.45) is 0.758. The van der Waals surface area contributed by atoms with Crippen molar-refractivity contribution in [1.29, 1.82) is 0 Å². The molecule has 0 aliphatic carbocycles. The fourth-order valence-electron chi connectivity index (χ4n) is 1.84. The number of hydrogen-bond donors (Lipinski definition) is 3. The lowest BCUT2D eigenvalue weighted by atomic mass is 10.2. The molecule has 8 heteroatoms. The van der Waals surface area contributed by atoms with Gasteiger partial charge in [0, 0.05) is 24.7 Å². The molecular formula is C15H19N5O3. The highest BCUT2D eigenvalue weighted by atomic mass is 16.4. The Hall–Kier alpha value is -2.74. The number of nitrogens with one attached hydrogen (secondary N) is 3. The molecule has 0 radical (unpaired) electrons. The normalized spacial score (nSPS) is 10.3. The van der Waals surface area contributed by atoms with Crippen LogP contribution in [0.15, 0.2) is 28.7 Å². The summed E-state index contributed by atoms with van der Waals surface area (Å²) in [5.74, 6) is -0.469. The molecule has 1 heterocycles. The van der Waals surface area contributed by atoms with Crippen LogP contribution in [0.3, 0.4) is 0 Å². The molecule has 0 saturated carbocycles. The van der Waals surface area contributed by atoms with Crippen LogP contribution in [0.4, 0.5) is 5.69 Å². The molecule has 1 aromatic heterocycles. The minimum atomic E-state index is -0.698. The standard InChI is InChI=1S/C15H19N5O3/c1-10-19-20-15(23-10)11-4-6-12(7-5-11)18-14(22)13(21)17-9-3-8-16-2/h4-7,16H,3,8-9H2,1-2H3,(H,17,21)(H,18,22). The quantitative estimate of drug-likeness (QED) is 0.535. The molecule has 2 rings (SSSR count). The zero-order valence-corrected chi connectivity index (χ0v) is 13.0. The molecule has 0 aliphatic rings. The van der Waals surface area contributed by atoms with Gasteiger partial charge >= 0.3 is 11.8 Å². The summed E-state index contributed by atoms with van der Waals surface area (Å²) in [7, 11) is 1.83. The molecule has 8 nitrogen and oxygen atoms in total. The Morgan fingerprint density at radius 1 is 1.09 bits per heavy atom. The van der Waals surface area contributed by atoms with Crippen LogP contribution in [0.2, 0.25) is 0 Å². The van der Waals surface area contributed by atoms with E-state index in [9.17, 15) is 9.59 Å². The molecule has 0 unspecified atom stereocenters. The third-order valence-electron chi connectivity index (χ3n) is 3.01. The van der Waals surface area contributed by atoms with Crippen LogP contribution in [0.25, 0.3) is 11.5 Å². The Labute approximate surface area is 133 Å². The molecule has 23 heavy (non-hydrogen) atoms. The highest BCUT2D eigenvalue weighted by Crippen LogP contribution is 2.19. The largest absolute Gasteiger partial charge is 0.421 e. The van der Waals surface area contributed by atoms with Crippen molar-refractivity contribution < 1.29 is 14.0 Å². The molecule has 122 valence electrons. The van der Waals surface area contributed by atoms with Crippen LogP contribution in [-0.4, -0.2) is 42.1 Å². The van der Waals surface area contributed by atoms with E-state index in [4.69, 9.17) is 4.42 Å². The maximum Gasteiger partial charge on any atom is 0.313 e. The predicted molar refractivity (Wildman–Crippen MR) is 84.7 cm³/mol. The number of carbonyl (C=O) groups is 2. The maximum atomic E-state index is 11.8. The molecule has 0 spiro atoms. The number of carbonyl (C=O) groups excluding carboxylic acids is 2. The second kappa shape index (κ2) is 8.04. The first-order chi connectivity index (χ1) is 11.1. The number of aryl methyl sites for hydroxylation is 1. The first-order valence-electron chi connectivity index (χ1n) is 7.24. The molecule has 0 fully saturated rings. The molecule has 3 N–H and O–H groups in total. The second-order valence-electron chi connectivity index (χ2n) is 4.87. The van der Waals surface area contributed by atoms with Gasteiger partial charge in [-0.1, -0.05) is 0 Å². The minimum Gasteiger partial charge on any atom is -0.421 e. The lowest BCUT2D eigenvalue weighted by molar-refractivity contribution is -0.136. The number of hydrogen-bond acceptors (Lipinski definition) is 6. The number of aromatic nitrogens is 2. The van der Waals surface area contributed by atoms with Crippen molar-refractivity contribution in [2.24, 2.45) is 0 Å². The summed E-state index contributed by atoms with van der Waals surface area (Å²) in [4.78, 5) is 23.4. The first-order valence-corrected chi connectivity index (χ1v) is 7.24. The molecule has 0 aliphatic heterocycles. The van der Waals surface area contributed by atoms with Gasteiger partial charge in [0.15, 0.2) is 0 Å². The van der Waals surface area contributed by atoms with Crippen molar-refractivity contribution in [3.8, 4) is 11.5 Å². The third-order valence-corrected chi connectivity index (χ3v) is 3.01. The van der Waals surface area contributed by atoms with Crippen LogP contribution >= 0.6 is 0 Å². The van der Waals surface area contributed by atoms with E-state index >= 15 is 0 Å². The average molecular weight is 317 g/mol. The van der Waals surface area contributed by atoms with Crippen LogP contribution in [0, 0.1) is 6.92 Å². The van der Waals surface area contributed by atoms with Gasteiger partial charge in [0.2, 0.25) is 11.8 Å². The van der Waals surface area contributed by atoms with Gasteiger partial charge in [-0.2, -0.15) is 0 Å². The number of anilines is 1. The minimum absolute atomic E-state index is 0.405. The first kappa shape index (κ1) is 16.6. The molecule has 0 saturated heterocycles. The predicted octanol–water partition coefficient (Wildman–Crippen LogP) is 0.709. The van der Waals surface area contributed by atoms with Gasteiger partial charge in [-0.3, -0.25) is 9.59 Å². The van der Waals surface area contributed by atoms with E-state index in [1.807, 2.05) is 7.05 Å². The Bertz CT molecular complexity index is 666. The summed E-state index contributed by atoms with van der Waals surface area (Å²) in [5, 5.41) is 15.7. The van der Waals surface area contributed by atoms with E-state index < -0.39 is 11.8 Å². The summed E-state index contributed by atoms with van der Waals surface area (Å²) in [5.41, 5.74) is 1.25. The number of rotatable bonds is 6. The average Bonchev–Trinajstić information content (AvgIpc) is 2.98. The van der Waals surface area contributed by atoms with Gasteiger partial charge in [-0.05, 0) is 44.3 Å². The van der Waals surface area contributed by atoms with Crippen molar-refractivity contribution in [2.75, 3.05) is 25.5 Å². The van der Waals surface area contributed by atoms with E-state index in [0.717, 1.165) is 18.5 Å². The Balaban J connectivity index is 1.87. The summed E-state index contributed by atoms with van der Waals surface area (Å²) < 4.78 is 5.31. The monoisotopic (exact) mass is 317 g/mol. The molecule has 0 atom stereocenters. The fraction of sp³-hybridized carbons (Fsp3) is 0.333.